The lowest BCUT2D eigenvalue weighted by molar-refractivity contribution is 0.0696. The Morgan fingerprint density at radius 3 is 2.58 bits per heavy atom. The monoisotopic (exact) mass is 595 g/mol. The number of rotatable bonds is 8. The molecule has 1 N–H and O–H groups in total. The number of aromatic carboxylic acids is 1. The highest BCUT2D eigenvalue weighted by Crippen LogP contribution is 2.54. The molecule has 0 spiro atoms. The van der Waals surface area contributed by atoms with Crippen LogP contribution in [0.5, 0.6) is 5.75 Å². The first-order valence-corrected chi connectivity index (χ1v) is 14.5. The van der Waals surface area contributed by atoms with Crippen molar-refractivity contribution < 1.29 is 19.2 Å². The van der Waals surface area contributed by atoms with E-state index >= 15 is 0 Å². The second-order valence-corrected chi connectivity index (χ2v) is 12.1. The summed E-state index contributed by atoms with van der Waals surface area (Å²) in [6.45, 7) is 1.78. The van der Waals surface area contributed by atoms with Gasteiger partial charge in [-0.15, -0.1) is 10.2 Å². The predicted molar refractivity (Wildman–Crippen MR) is 152 cm³/mol. The van der Waals surface area contributed by atoms with E-state index in [9.17, 15) is 9.90 Å². The summed E-state index contributed by atoms with van der Waals surface area (Å²) in [6.07, 6.45) is 9.72. The van der Waals surface area contributed by atoms with Gasteiger partial charge >= 0.3 is 5.97 Å². The van der Waals surface area contributed by atoms with E-state index in [0.717, 1.165) is 42.4 Å². The van der Waals surface area contributed by atoms with Gasteiger partial charge in [0.25, 0.3) is 0 Å². The van der Waals surface area contributed by atoms with Crippen LogP contribution in [-0.2, 0) is 0 Å². The molecule has 204 valence electrons. The summed E-state index contributed by atoms with van der Waals surface area (Å²) in [7, 11) is 1.51. The summed E-state index contributed by atoms with van der Waals surface area (Å²) < 4.78 is 11.1. The molecule has 9 nitrogen and oxygen atoms in total. The number of nitrogens with zero attached hydrogens (tertiary/aromatic N) is 5. The van der Waals surface area contributed by atoms with E-state index in [0.29, 0.717) is 61.3 Å². The summed E-state index contributed by atoms with van der Waals surface area (Å²) >= 11 is 14.3. The number of hydrogen-bond donors (Lipinski definition) is 1. The molecular formula is C28H23Cl2N5O4S. The Kier molecular flexibility index (Phi) is 6.29. The average Bonchev–Trinajstić information content (AvgIpc) is 3.68. The van der Waals surface area contributed by atoms with E-state index in [4.69, 9.17) is 32.5 Å². The van der Waals surface area contributed by atoms with Crippen LogP contribution in [0.4, 0.5) is 5.13 Å². The van der Waals surface area contributed by atoms with Crippen molar-refractivity contribution in [3.8, 4) is 27.6 Å². The average molecular weight is 596 g/mol. The molecular weight excluding hydrogens is 573 g/mol. The maximum Gasteiger partial charge on any atom is 0.335 e. The number of benzene rings is 1. The van der Waals surface area contributed by atoms with Crippen LogP contribution in [-0.4, -0.2) is 51.6 Å². The van der Waals surface area contributed by atoms with Crippen LogP contribution in [0.3, 0.4) is 0 Å². The Labute approximate surface area is 243 Å². The van der Waals surface area contributed by atoms with Crippen LogP contribution in [0.2, 0.25) is 10.0 Å². The molecule has 0 radical (unpaired) electrons. The maximum atomic E-state index is 11.5. The normalized spacial score (nSPS) is 21.7. The van der Waals surface area contributed by atoms with Gasteiger partial charge in [-0.2, -0.15) is 0 Å². The number of anilines is 1. The fraction of sp³-hybridized carbons (Fsp3) is 0.321. The first-order valence-electron chi connectivity index (χ1n) is 12.9. The molecule has 3 fully saturated rings. The number of carboxylic acids is 1. The smallest absolute Gasteiger partial charge is 0.335 e. The van der Waals surface area contributed by atoms with Gasteiger partial charge in [0.15, 0.2) is 0 Å². The Balaban J connectivity index is 1.07. The number of methoxy groups -OCH3 is 1. The Bertz CT molecular complexity index is 1630. The SMILES string of the molecule is COc1cc(C(=O)O)cc(-c2nnc(N3CC4C(/C=C/c5c(-c6c(Cl)cncc6Cl)noc5C5CC5)C4C3)s2)c1. The summed E-state index contributed by atoms with van der Waals surface area (Å²) in [5, 5.41) is 24.9. The number of allylic oxidation sites excluding steroid dienone is 1. The zero-order chi connectivity index (χ0) is 27.5. The number of halogens is 2. The molecule has 3 aromatic heterocycles. The minimum absolute atomic E-state index is 0.150. The fourth-order valence-corrected chi connectivity index (χ4v) is 6.97. The maximum absolute atomic E-state index is 11.5. The molecule has 4 aromatic rings. The fourth-order valence-electron chi connectivity index (χ4n) is 5.57. The standard InChI is InChI=1S/C28H23Cl2N5O4S/c1-38-16-7-14(6-15(8-16)27(36)37)26-32-33-28(40-26)35-11-19-17(20(19)12-35)4-5-18-24(34-39-25(18)13-2-3-13)23-21(29)9-31-10-22(23)30/h4-10,13,17,19-20H,2-3,11-12H2,1H3,(H,36,37)/b5-4+. The number of pyridine rings is 1. The van der Waals surface area contributed by atoms with Gasteiger partial charge in [-0.05, 0) is 48.8 Å². The van der Waals surface area contributed by atoms with E-state index in [2.05, 4.69) is 37.4 Å². The lowest BCUT2D eigenvalue weighted by Gasteiger charge is -2.16. The van der Waals surface area contributed by atoms with Crippen LogP contribution in [0.1, 0.15) is 40.4 Å². The third-order valence-electron chi connectivity index (χ3n) is 7.86. The van der Waals surface area contributed by atoms with E-state index in [1.807, 2.05) is 0 Å². The van der Waals surface area contributed by atoms with Crippen LogP contribution >= 0.6 is 34.5 Å². The highest BCUT2D eigenvalue weighted by Gasteiger charge is 2.54. The lowest BCUT2D eigenvalue weighted by atomic mass is 10.0. The van der Waals surface area contributed by atoms with Gasteiger partial charge in [0.1, 0.15) is 22.2 Å². The molecule has 7 rings (SSSR count). The molecule has 4 heterocycles. The van der Waals surface area contributed by atoms with Crippen LogP contribution in [0.25, 0.3) is 27.9 Å². The number of ether oxygens (including phenoxy) is 1. The summed E-state index contributed by atoms with van der Waals surface area (Å²) in [5.41, 5.74) is 3.09. The Morgan fingerprint density at radius 2 is 1.90 bits per heavy atom. The highest BCUT2D eigenvalue weighted by molar-refractivity contribution is 7.18. The van der Waals surface area contributed by atoms with Gasteiger partial charge in [-0.3, -0.25) is 4.98 Å². The van der Waals surface area contributed by atoms with E-state index in [1.165, 1.54) is 24.5 Å². The molecule has 1 aromatic carbocycles. The zero-order valence-electron chi connectivity index (χ0n) is 21.3. The molecule has 12 heteroatoms. The van der Waals surface area contributed by atoms with Crippen LogP contribution < -0.4 is 9.64 Å². The van der Waals surface area contributed by atoms with Gasteiger partial charge in [0.2, 0.25) is 5.13 Å². The largest absolute Gasteiger partial charge is 0.497 e. The van der Waals surface area contributed by atoms with Gasteiger partial charge in [0.05, 0.1) is 22.7 Å². The Morgan fingerprint density at radius 1 is 1.15 bits per heavy atom. The van der Waals surface area contributed by atoms with Crippen molar-refractivity contribution in [2.24, 2.45) is 17.8 Å². The summed E-state index contributed by atoms with van der Waals surface area (Å²) in [4.78, 5) is 17.8. The molecule has 2 aliphatic carbocycles. The van der Waals surface area contributed by atoms with Crippen molar-refractivity contribution in [1.29, 1.82) is 0 Å². The number of fused-ring (bicyclic) bond motifs is 1. The first-order chi connectivity index (χ1) is 19.4. The van der Waals surface area contributed by atoms with E-state index in [-0.39, 0.29) is 5.56 Å². The molecule has 2 unspecified atom stereocenters. The Hall–Kier alpha value is -3.47. The molecule has 0 amide bonds. The second-order valence-electron chi connectivity index (χ2n) is 10.4. The van der Waals surface area contributed by atoms with Crippen molar-refractivity contribution in [2.75, 3.05) is 25.1 Å². The molecule has 2 atom stereocenters. The topological polar surface area (TPSA) is 114 Å². The molecule has 2 saturated carbocycles. The number of carboxylic acid groups (broad SMARTS) is 1. The molecule has 3 aliphatic rings. The highest BCUT2D eigenvalue weighted by atomic mass is 35.5. The first kappa shape index (κ1) is 25.5. The van der Waals surface area contributed by atoms with Gasteiger partial charge in [0, 0.05) is 48.1 Å². The zero-order valence-corrected chi connectivity index (χ0v) is 23.6. The van der Waals surface area contributed by atoms with Crippen molar-refractivity contribution in [1.82, 2.24) is 20.3 Å². The third kappa shape index (κ3) is 4.53. The predicted octanol–water partition coefficient (Wildman–Crippen LogP) is 6.54. The number of hydrogen-bond acceptors (Lipinski definition) is 9. The van der Waals surface area contributed by atoms with Crippen molar-refractivity contribution in [3.05, 3.63) is 63.6 Å². The van der Waals surface area contributed by atoms with Crippen molar-refractivity contribution >= 4 is 51.7 Å². The molecule has 0 bridgehead atoms. The number of piperidine rings is 1. The van der Waals surface area contributed by atoms with E-state index < -0.39 is 5.97 Å². The number of aromatic nitrogens is 4. The quantitative estimate of drug-likeness (QED) is 0.242. The third-order valence-corrected chi connectivity index (χ3v) is 9.47. The summed E-state index contributed by atoms with van der Waals surface area (Å²) in [6, 6.07) is 4.87. The van der Waals surface area contributed by atoms with Gasteiger partial charge < -0.3 is 19.3 Å². The lowest BCUT2D eigenvalue weighted by Crippen LogP contribution is -2.23. The van der Waals surface area contributed by atoms with Crippen LogP contribution in [0, 0.1) is 17.8 Å². The van der Waals surface area contributed by atoms with Crippen molar-refractivity contribution in [2.45, 2.75) is 18.8 Å². The van der Waals surface area contributed by atoms with Crippen molar-refractivity contribution in [3.63, 3.8) is 0 Å². The molecule has 40 heavy (non-hydrogen) atoms. The second kappa shape index (κ2) is 9.87. The van der Waals surface area contributed by atoms with Gasteiger partial charge in [-0.1, -0.05) is 51.8 Å². The number of carbonyl (C=O) groups is 1. The minimum Gasteiger partial charge on any atom is -0.497 e. The van der Waals surface area contributed by atoms with Gasteiger partial charge in [-0.25, -0.2) is 4.79 Å². The minimum atomic E-state index is -1.02. The summed E-state index contributed by atoms with van der Waals surface area (Å²) in [5.74, 6) is 2.25. The molecule has 1 aliphatic heterocycles. The molecule has 1 saturated heterocycles. The van der Waals surface area contributed by atoms with Crippen LogP contribution in [0.15, 0.2) is 41.2 Å². The van der Waals surface area contributed by atoms with E-state index in [1.54, 1.807) is 24.5 Å².